The van der Waals surface area contributed by atoms with Gasteiger partial charge in [0, 0.05) is 12.1 Å². The SMILES string of the molecule is CCNc1ncc(Br)c(OCc2ccccc2F)n1. The summed E-state index contributed by atoms with van der Waals surface area (Å²) in [5, 5.41) is 2.99. The maximum absolute atomic E-state index is 13.5. The zero-order valence-corrected chi connectivity index (χ0v) is 11.9. The van der Waals surface area contributed by atoms with Crippen LogP contribution in [0.25, 0.3) is 0 Å². The third kappa shape index (κ3) is 3.64. The van der Waals surface area contributed by atoms with Crippen molar-refractivity contribution in [3.63, 3.8) is 0 Å². The zero-order chi connectivity index (χ0) is 13.7. The molecular weight excluding hydrogens is 313 g/mol. The Morgan fingerprint density at radius 3 is 2.89 bits per heavy atom. The Labute approximate surface area is 119 Å². The van der Waals surface area contributed by atoms with E-state index in [0.717, 1.165) is 0 Å². The van der Waals surface area contributed by atoms with Crippen LogP contribution in [0.5, 0.6) is 5.88 Å². The molecule has 0 fully saturated rings. The highest BCUT2D eigenvalue weighted by Gasteiger charge is 2.08. The van der Waals surface area contributed by atoms with Gasteiger partial charge in [0.1, 0.15) is 12.4 Å². The van der Waals surface area contributed by atoms with Gasteiger partial charge in [-0.15, -0.1) is 0 Å². The standard InChI is InChI=1S/C13H13BrFN3O/c1-2-16-13-17-7-10(14)12(18-13)19-8-9-5-3-4-6-11(9)15/h3-7H,2,8H2,1H3,(H,16,17,18). The van der Waals surface area contributed by atoms with Gasteiger partial charge in [0.25, 0.3) is 0 Å². The van der Waals surface area contributed by atoms with E-state index in [2.05, 4.69) is 31.2 Å². The summed E-state index contributed by atoms with van der Waals surface area (Å²) in [6.07, 6.45) is 1.60. The molecule has 0 aliphatic rings. The lowest BCUT2D eigenvalue weighted by Crippen LogP contribution is -2.05. The first-order chi connectivity index (χ1) is 9.20. The van der Waals surface area contributed by atoms with Crippen LogP contribution in [0.2, 0.25) is 0 Å². The lowest BCUT2D eigenvalue weighted by Gasteiger charge is -2.09. The molecule has 1 heterocycles. The Hall–Kier alpha value is -1.69. The van der Waals surface area contributed by atoms with Crippen molar-refractivity contribution in [3.05, 3.63) is 46.3 Å². The minimum Gasteiger partial charge on any atom is -0.472 e. The first-order valence-electron chi connectivity index (χ1n) is 5.83. The van der Waals surface area contributed by atoms with Gasteiger partial charge in [0.05, 0.1) is 10.7 Å². The van der Waals surface area contributed by atoms with Crippen LogP contribution in [0.3, 0.4) is 0 Å². The van der Waals surface area contributed by atoms with Crippen molar-refractivity contribution >= 4 is 21.9 Å². The van der Waals surface area contributed by atoms with Gasteiger partial charge in [-0.3, -0.25) is 0 Å². The molecule has 100 valence electrons. The summed E-state index contributed by atoms with van der Waals surface area (Å²) in [5.74, 6) is 0.572. The van der Waals surface area contributed by atoms with E-state index in [9.17, 15) is 4.39 Å². The highest BCUT2D eigenvalue weighted by Crippen LogP contribution is 2.23. The van der Waals surface area contributed by atoms with Crippen LogP contribution in [-0.2, 0) is 6.61 Å². The molecule has 6 heteroatoms. The Bertz CT molecular complexity index is 565. The van der Waals surface area contributed by atoms with E-state index in [4.69, 9.17) is 4.74 Å². The summed E-state index contributed by atoms with van der Waals surface area (Å²) in [4.78, 5) is 8.27. The van der Waals surface area contributed by atoms with Gasteiger partial charge in [-0.25, -0.2) is 9.37 Å². The molecule has 0 radical (unpaired) electrons. The second kappa shape index (κ2) is 6.47. The van der Waals surface area contributed by atoms with Gasteiger partial charge in [0.2, 0.25) is 11.8 Å². The molecule has 0 amide bonds. The third-order valence-corrected chi connectivity index (χ3v) is 2.91. The number of ether oxygens (including phenoxy) is 1. The number of hydrogen-bond acceptors (Lipinski definition) is 4. The number of halogens is 2. The molecule has 1 aromatic heterocycles. The van der Waals surface area contributed by atoms with Crippen molar-refractivity contribution in [2.75, 3.05) is 11.9 Å². The summed E-state index contributed by atoms with van der Waals surface area (Å²) < 4.78 is 19.6. The van der Waals surface area contributed by atoms with E-state index in [1.807, 2.05) is 6.92 Å². The van der Waals surface area contributed by atoms with Gasteiger partial charge in [0.15, 0.2) is 0 Å². The molecule has 2 aromatic rings. The van der Waals surface area contributed by atoms with Crippen molar-refractivity contribution < 1.29 is 9.13 Å². The molecule has 0 aliphatic carbocycles. The summed E-state index contributed by atoms with van der Waals surface area (Å²) >= 11 is 3.30. The number of anilines is 1. The molecule has 19 heavy (non-hydrogen) atoms. The normalized spacial score (nSPS) is 10.3. The molecule has 0 aliphatic heterocycles. The van der Waals surface area contributed by atoms with Gasteiger partial charge >= 0.3 is 0 Å². The Kier molecular flexibility index (Phi) is 4.68. The first-order valence-corrected chi connectivity index (χ1v) is 6.62. The molecule has 1 N–H and O–H groups in total. The molecule has 1 aromatic carbocycles. The fraction of sp³-hybridized carbons (Fsp3) is 0.231. The summed E-state index contributed by atoms with van der Waals surface area (Å²) in [5.41, 5.74) is 0.484. The van der Waals surface area contributed by atoms with Crippen LogP contribution in [-0.4, -0.2) is 16.5 Å². The van der Waals surface area contributed by atoms with E-state index in [1.54, 1.807) is 24.4 Å². The lowest BCUT2D eigenvalue weighted by atomic mass is 10.2. The zero-order valence-electron chi connectivity index (χ0n) is 10.4. The number of nitrogens with one attached hydrogen (secondary N) is 1. The second-order valence-electron chi connectivity index (χ2n) is 3.76. The van der Waals surface area contributed by atoms with E-state index >= 15 is 0 Å². The highest BCUT2D eigenvalue weighted by atomic mass is 79.9. The van der Waals surface area contributed by atoms with Crippen LogP contribution in [0.1, 0.15) is 12.5 Å². The number of rotatable bonds is 5. The fourth-order valence-corrected chi connectivity index (χ4v) is 1.76. The number of aromatic nitrogens is 2. The van der Waals surface area contributed by atoms with Crippen molar-refractivity contribution in [1.82, 2.24) is 9.97 Å². The van der Waals surface area contributed by atoms with Crippen LogP contribution in [0.4, 0.5) is 10.3 Å². The quantitative estimate of drug-likeness (QED) is 0.915. The molecule has 2 rings (SSSR count). The smallest absolute Gasteiger partial charge is 0.233 e. The molecule has 0 saturated heterocycles. The number of nitrogens with zero attached hydrogens (tertiary/aromatic N) is 2. The molecule has 4 nitrogen and oxygen atoms in total. The molecule has 0 spiro atoms. The first kappa shape index (κ1) is 13.7. The monoisotopic (exact) mass is 325 g/mol. The summed E-state index contributed by atoms with van der Waals surface area (Å²) in [6, 6.07) is 6.48. The highest BCUT2D eigenvalue weighted by molar-refractivity contribution is 9.10. The summed E-state index contributed by atoms with van der Waals surface area (Å²) in [6.45, 7) is 2.79. The average Bonchev–Trinajstić information content (AvgIpc) is 2.41. The Balaban J connectivity index is 2.10. The van der Waals surface area contributed by atoms with Crippen molar-refractivity contribution in [3.8, 4) is 5.88 Å². The second-order valence-corrected chi connectivity index (χ2v) is 4.61. The molecule has 0 unspecified atom stereocenters. The van der Waals surface area contributed by atoms with E-state index in [-0.39, 0.29) is 12.4 Å². The van der Waals surface area contributed by atoms with Gasteiger partial charge in [-0.2, -0.15) is 4.98 Å². The Morgan fingerprint density at radius 1 is 1.37 bits per heavy atom. The van der Waals surface area contributed by atoms with Crippen LogP contribution in [0, 0.1) is 5.82 Å². The van der Waals surface area contributed by atoms with Gasteiger partial charge in [-0.1, -0.05) is 18.2 Å². The minimum absolute atomic E-state index is 0.119. The average molecular weight is 326 g/mol. The van der Waals surface area contributed by atoms with Crippen molar-refractivity contribution in [2.45, 2.75) is 13.5 Å². The largest absolute Gasteiger partial charge is 0.472 e. The molecule has 0 bridgehead atoms. The molecule has 0 atom stereocenters. The molecular formula is C13H13BrFN3O. The van der Waals surface area contributed by atoms with Crippen molar-refractivity contribution in [1.29, 1.82) is 0 Å². The van der Waals surface area contributed by atoms with Crippen molar-refractivity contribution in [2.24, 2.45) is 0 Å². The van der Waals surface area contributed by atoms with Crippen LogP contribution in [0.15, 0.2) is 34.9 Å². The van der Waals surface area contributed by atoms with E-state index in [1.165, 1.54) is 6.07 Å². The number of hydrogen-bond donors (Lipinski definition) is 1. The topological polar surface area (TPSA) is 47.0 Å². The van der Waals surface area contributed by atoms with E-state index in [0.29, 0.717) is 28.4 Å². The minimum atomic E-state index is -0.292. The predicted molar refractivity (Wildman–Crippen MR) is 74.6 cm³/mol. The van der Waals surface area contributed by atoms with E-state index < -0.39 is 0 Å². The number of benzene rings is 1. The Morgan fingerprint density at radius 2 is 2.16 bits per heavy atom. The lowest BCUT2D eigenvalue weighted by molar-refractivity contribution is 0.286. The maximum Gasteiger partial charge on any atom is 0.233 e. The third-order valence-electron chi connectivity index (χ3n) is 2.37. The van der Waals surface area contributed by atoms with Gasteiger partial charge in [-0.05, 0) is 28.9 Å². The van der Waals surface area contributed by atoms with Crippen LogP contribution < -0.4 is 10.1 Å². The predicted octanol–water partition coefficient (Wildman–Crippen LogP) is 3.39. The van der Waals surface area contributed by atoms with Crippen LogP contribution >= 0.6 is 15.9 Å². The molecule has 0 saturated carbocycles. The fourth-order valence-electron chi connectivity index (χ4n) is 1.46. The van der Waals surface area contributed by atoms with Gasteiger partial charge < -0.3 is 10.1 Å². The summed E-state index contributed by atoms with van der Waals surface area (Å²) in [7, 11) is 0. The maximum atomic E-state index is 13.5.